The summed E-state index contributed by atoms with van der Waals surface area (Å²) in [7, 11) is 0. The average Bonchev–Trinajstić information content (AvgIpc) is 2.97. The van der Waals surface area contributed by atoms with Gasteiger partial charge in [-0.25, -0.2) is 13.2 Å². The molecule has 0 saturated carbocycles. The number of carbonyl (C=O) groups is 2. The third-order valence-corrected chi connectivity index (χ3v) is 5.02. The fourth-order valence-electron chi connectivity index (χ4n) is 3.61. The van der Waals surface area contributed by atoms with Crippen LogP contribution in [0.3, 0.4) is 0 Å². The van der Waals surface area contributed by atoms with E-state index < -0.39 is 35.0 Å². The minimum Gasteiger partial charge on any atom is -0.505 e. The zero-order valence-electron chi connectivity index (χ0n) is 15.8. The van der Waals surface area contributed by atoms with Crippen LogP contribution in [0.4, 0.5) is 13.2 Å². The van der Waals surface area contributed by atoms with Crippen molar-refractivity contribution in [3.05, 3.63) is 64.6 Å². The van der Waals surface area contributed by atoms with Crippen molar-refractivity contribution in [3.8, 4) is 5.75 Å². The molecule has 8 heteroatoms. The van der Waals surface area contributed by atoms with E-state index in [1.165, 1.54) is 10.6 Å². The van der Waals surface area contributed by atoms with Crippen molar-refractivity contribution in [2.24, 2.45) is 5.73 Å². The summed E-state index contributed by atoms with van der Waals surface area (Å²) in [5, 5.41) is 9.87. The molecule has 0 aliphatic rings. The molecule has 152 valence electrons. The molecule has 3 N–H and O–H groups in total. The van der Waals surface area contributed by atoms with Gasteiger partial charge < -0.3 is 10.8 Å². The van der Waals surface area contributed by atoms with Gasteiger partial charge in [-0.2, -0.15) is 0 Å². The van der Waals surface area contributed by atoms with Gasteiger partial charge in [0.2, 0.25) is 5.91 Å². The largest absolute Gasteiger partial charge is 0.505 e. The van der Waals surface area contributed by atoms with Gasteiger partial charge in [0, 0.05) is 23.1 Å². The van der Waals surface area contributed by atoms with E-state index in [4.69, 9.17) is 5.73 Å². The first-order valence-electron chi connectivity index (χ1n) is 8.93. The molecule has 0 saturated heterocycles. The lowest BCUT2D eigenvalue weighted by atomic mass is 9.93. The Kier molecular flexibility index (Phi) is 5.37. The Bertz CT molecular complexity index is 1140. The minimum absolute atomic E-state index is 0.0374. The molecule has 29 heavy (non-hydrogen) atoms. The van der Waals surface area contributed by atoms with Crippen LogP contribution in [0.25, 0.3) is 10.9 Å². The lowest BCUT2D eigenvalue weighted by Crippen LogP contribution is -2.15. The summed E-state index contributed by atoms with van der Waals surface area (Å²) in [6, 6.07) is 5.24. The number of phenols is 1. The topological polar surface area (TPSA) is 85.3 Å². The standard InChI is InChI=1S/C21H19F3N2O3/c1-10(3-8-17(25)28)18-11(2)26(15-6-7-16(27)20(24)19(15)18)21(29)12-4-5-13(22)14(23)9-12/h4-7,9-10,27H,3,8H2,1-2H3,(H2,25,28)/t10-/m0/s1. The van der Waals surface area contributed by atoms with E-state index in [9.17, 15) is 27.9 Å². The number of hydrogen-bond acceptors (Lipinski definition) is 3. The van der Waals surface area contributed by atoms with Gasteiger partial charge in [-0.3, -0.25) is 14.2 Å². The maximum absolute atomic E-state index is 14.8. The first-order chi connectivity index (χ1) is 13.6. The van der Waals surface area contributed by atoms with E-state index in [0.717, 1.165) is 24.3 Å². The molecule has 5 nitrogen and oxygen atoms in total. The fraction of sp³-hybridized carbons (Fsp3) is 0.238. The van der Waals surface area contributed by atoms with E-state index in [0.29, 0.717) is 17.7 Å². The molecule has 2 aromatic carbocycles. The van der Waals surface area contributed by atoms with Crippen molar-refractivity contribution in [1.29, 1.82) is 0 Å². The van der Waals surface area contributed by atoms with E-state index >= 15 is 0 Å². The third-order valence-electron chi connectivity index (χ3n) is 5.02. The molecule has 0 spiro atoms. The van der Waals surface area contributed by atoms with Gasteiger partial charge in [0.25, 0.3) is 5.91 Å². The van der Waals surface area contributed by atoms with E-state index in [1.807, 2.05) is 0 Å². The summed E-state index contributed by atoms with van der Waals surface area (Å²) < 4.78 is 42.9. The van der Waals surface area contributed by atoms with Crippen molar-refractivity contribution in [1.82, 2.24) is 4.57 Å². The number of halogens is 3. The number of benzene rings is 2. The second-order valence-corrected chi connectivity index (χ2v) is 6.97. The lowest BCUT2D eigenvalue weighted by Gasteiger charge is -2.13. The van der Waals surface area contributed by atoms with E-state index in [-0.39, 0.29) is 28.8 Å². The van der Waals surface area contributed by atoms with Gasteiger partial charge in [-0.1, -0.05) is 6.92 Å². The SMILES string of the molecule is Cc1c([C@@H](C)CCC(N)=O)c2c(F)c(O)ccc2n1C(=O)c1ccc(F)c(F)c1. The highest BCUT2D eigenvalue weighted by Gasteiger charge is 2.27. The second kappa shape index (κ2) is 7.62. The van der Waals surface area contributed by atoms with Crippen molar-refractivity contribution in [3.63, 3.8) is 0 Å². The number of phenolic OH excluding ortho intramolecular Hbond substituents is 1. The summed E-state index contributed by atoms with van der Waals surface area (Å²) in [4.78, 5) is 24.2. The van der Waals surface area contributed by atoms with Crippen molar-refractivity contribution < 1.29 is 27.9 Å². The molecule has 3 rings (SSSR count). The fourth-order valence-corrected chi connectivity index (χ4v) is 3.61. The molecular formula is C21H19F3N2O3. The van der Waals surface area contributed by atoms with Crippen LogP contribution in [0.5, 0.6) is 5.75 Å². The molecule has 0 unspecified atom stereocenters. The zero-order chi connectivity index (χ0) is 21.5. The molecule has 1 heterocycles. The number of amides is 1. The number of carbonyl (C=O) groups excluding carboxylic acids is 2. The number of fused-ring (bicyclic) bond motifs is 1. The zero-order valence-corrected chi connectivity index (χ0v) is 15.8. The number of aromatic hydroxyl groups is 1. The van der Waals surface area contributed by atoms with Crippen LogP contribution < -0.4 is 5.73 Å². The van der Waals surface area contributed by atoms with Gasteiger partial charge in [0.1, 0.15) is 0 Å². The number of nitrogens with two attached hydrogens (primary N) is 1. The second-order valence-electron chi connectivity index (χ2n) is 6.97. The summed E-state index contributed by atoms with van der Waals surface area (Å²) in [5.74, 6) is -5.30. The monoisotopic (exact) mass is 404 g/mol. The van der Waals surface area contributed by atoms with Crippen LogP contribution >= 0.6 is 0 Å². The predicted octanol–water partition coefficient (Wildman–Crippen LogP) is 4.13. The summed E-state index contributed by atoms with van der Waals surface area (Å²) in [6.45, 7) is 3.34. The number of primary amides is 1. The van der Waals surface area contributed by atoms with Gasteiger partial charge >= 0.3 is 0 Å². The van der Waals surface area contributed by atoms with Crippen molar-refractivity contribution in [2.45, 2.75) is 32.6 Å². The third kappa shape index (κ3) is 3.57. The molecule has 0 radical (unpaired) electrons. The molecule has 0 fully saturated rings. The van der Waals surface area contributed by atoms with Gasteiger partial charge in [-0.05, 0) is 55.2 Å². The summed E-state index contributed by atoms with van der Waals surface area (Å²) in [5.41, 5.74) is 6.07. The Hall–Kier alpha value is -3.29. The Morgan fingerprint density at radius 1 is 1.14 bits per heavy atom. The Morgan fingerprint density at radius 2 is 1.83 bits per heavy atom. The molecule has 0 aliphatic heterocycles. The smallest absolute Gasteiger partial charge is 0.262 e. The molecule has 1 amide bonds. The number of aromatic nitrogens is 1. The van der Waals surface area contributed by atoms with Crippen molar-refractivity contribution in [2.75, 3.05) is 0 Å². The Labute approximate surface area is 164 Å². The maximum Gasteiger partial charge on any atom is 0.262 e. The average molecular weight is 404 g/mol. The highest BCUT2D eigenvalue weighted by atomic mass is 19.2. The summed E-state index contributed by atoms with van der Waals surface area (Å²) in [6.07, 6.45) is 0.370. The lowest BCUT2D eigenvalue weighted by molar-refractivity contribution is -0.118. The molecule has 1 aromatic heterocycles. The van der Waals surface area contributed by atoms with Crippen LogP contribution in [0, 0.1) is 24.4 Å². The molecule has 3 aromatic rings. The van der Waals surface area contributed by atoms with Crippen LogP contribution in [0.1, 0.15) is 47.3 Å². The van der Waals surface area contributed by atoms with E-state index in [2.05, 4.69) is 0 Å². The molecule has 1 atom stereocenters. The van der Waals surface area contributed by atoms with Gasteiger partial charge in [0.15, 0.2) is 23.2 Å². The number of rotatable bonds is 5. The van der Waals surface area contributed by atoms with Crippen LogP contribution in [0.2, 0.25) is 0 Å². The first kappa shape index (κ1) is 20.4. The van der Waals surface area contributed by atoms with E-state index in [1.54, 1.807) is 13.8 Å². The first-order valence-corrected chi connectivity index (χ1v) is 8.93. The minimum atomic E-state index is -1.18. The van der Waals surface area contributed by atoms with Crippen LogP contribution in [0.15, 0.2) is 30.3 Å². The molecular weight excluding hydrogens is 385 g/mol. The normalized spacial score (nSPS) is 12.3. The molecule has 0 aliphatic carbocycles. The molecule has 0 bridgehead atoms. The quantitative estimate of drug-likeness (QED) is 0.671. The van der Waals surface area contributed by atoms with Crippen LogP contribution in [-0.4, -0.2) is 21.5 Å². The predicted molar refractivity (Wildman–Crippen MR) is 101 cm³/mol. The number of nitrogens with zero attached hydrogens (tertiary/aromatic N) is 1. The summed E-state index contributed by atoms with van der Waals surface area (Å²) >= 11 is 0. The van der Waals surface area contributed by atoms with Gasteiger partial charge in [0.05, 0.1) is 5.52 Å². The number of hydrogen-bond donors (Lipinski definition) is 2. The Morgan fingerprint density at radius 3 is 2.45 bits per heavy atom. The highest BCUT2D eigenvalue weighted by molar-refractivity contribution is 6.04. The van der Waals surface area contributed by atoms with Gasteiger partial charge in [-0.15, -0.1) is 0 Å². The van der Waals surface area contributed by atoms with Crippen LogP contribution in [-0.2, 0) is 4.79 Å². The van der Waals surface area contributed by atoms with Crippen molar-refractivity contribution >= 4 is 22.7 Å². The maximum atomic E-state index is 14.8. The highest BCUT2D eigenvalue weighted by Crippen LogP contribution is 2.38. The Balaban J connectivity index is 2.23.